The number of halogens is 1. The lowest BCUT2D eigenvalue weighted by Crippen LogP contribution is -2.00. The zero-order chi connectivity index (χ0) is 22.8. The lowest BCUT2D eigenvalue weighted by atomic mass is 10.1. The number of allylic oxidation sites excluding steroid dienone is 1. The van der Waals surface area contributed by atoms with Crippen molar-refractivity contribution >= 4 is 33.3 Å². The van der Waals surface area contributed by atoms with Crippen molar-refractivity contribution < 1.29 is 9.13 Å². The standard InChI is InChI=1S/C24H23FN6O/c1-6-17(12-28-13(2)3)32-24-30-21(15-7-14(4)10-27-11-15)20-18-8-16(25)9-19(26-5)22(18)29-23(20)31-24/h6-12,26H,1H2,2-5H3,(H,29,30,31)/b17-12+. The summed E-state index contributed by atoms with van der Waals surface area (Å²) < 4.78 is 20.2. The van der Waals surface area contributed by atoms with Gasteiger partial charge in [-0.3, -0.25) is 9.98 Å². The normalized spacial score (nSPS) is 11.6. The van der Waals surface area contributed by atoms with E-state index in [2.05, 4.69) is 36.8 Å². The van der Waals surface area contributed by atoms with Crippen LogP contribution in [0.1, 0.15) is 19.4 Å². The van der Waals surface area contributed by atoms with Gasteiger partial charge in [0.05, 0.1) is 28.5 Å². The first-order valence-electron chi connectivity index (χ1n) is 10.0. The van der Waals surface area contributed by atoms with Gasteiger partial charge in [0.25, 0.3) is 0 Å². The van der Waals surface area contributed by atoms with E-state index in [0.717, 1.165) is 22.4 Å². The fraction of sp³-hybridized carbons (Fsp3) is 0.167. The topological polar surface area (TPSA) is 88.1 Å². The summed E-state index contributed by atoms with van der Waals surface area (Å²) in [5, 5.41) is 4.37. The van der Waals surface area contributed by atoms with Gasteiger partial charge in [-0.15, -0.1) is 0 Å². The Morgan fingerprint density at radius 1 is 1.22 bits per heavy atom. The summed E-state index contributed by atoms with van der Waals surface area (Å²) >= 11 is 0. The van der Waals surface area contributed by atoms with Gasteiger partial charge in [0.2, 0.25) is 0 Å². The Hall–Kier alpha value is -4.07. The van der Waals surface area contributed by atoms with Crippen molar-refractivity contribution in [3.63, 3.8) is 0 Å². The molecule has 0 saturated carbocycles. The van der Waals surface area contributed by atoms with Crippen molar-refractivity contribution in [1.82, 2.24) is 19.9 Å². The summed E-state index contributed by atoms with van der Waals surface area (Å²) in [7, 11) is 1.74. The van der Waals surface area contributed by atoms with Crippen molar-refractivity contribution in [2.75, 3.05) is 12.4 Å². The van der Waals surface area contributed by atoms with Crippen molar-refractivity contribution in [3.05, 3.63) is 66.6 Å². The zero-order valence-corrected chi connectivity index (χ0v) is 18.3. The molecule has 0 amide bonds. The van der Waals surface area contributed by atoms with Crippen LogP contribution in [0.2, 0.25) is 0 Å². The molecule has 4 aromatic rings. The van der Waals surface area contributed by atoms with Gasteiger partial charge in [0, 0.05) is 36.1 Å². The molecule has 162 valence electrons. The fourth-order valence-electron chi connectivity index (χ4n) is 3.40. The van der Waals surface area contributed by atoms with Gasteiger partial charge in [0.15, 0.2) is 0 Å². The molecular formula is C24H23FN6O. The summed E-state index contributed by atoms with van der Waals surface area (Å²) in [5.41, 5.74) is 5.05. The van der Waals surface area contributed by atoms with Crippen LogP contribution in [0, 0.1) is 12.7 Å². The third-order valence-corrected chi connectivity index (χ3v) is 4.78. The molecule has 32 heavy (non-hydrogen) atoms. The van der Waals surface area contributed by atoms with Crippen LogP contribution in [0.3, 0.4) is 0 Å². The lowest BCUT2D eigenvalue weighted by Gasteiger charge is -2.08. The van der Waals surface area contributed by atoms with Gasteiger partial charge < -0.3 is 15.0 Å². The van der Waals surface area contributed by atoms with E-state index in [4.69, 9.17) is 4.74 Å². The molecule has 1 aromatic carbocycles. The van der Waals surface area contributed by atoms with E-state index < -0.39 is 0 Å². The number of aryl methyl sites for hydroxylation is 1. The smallest absolute Gasteiger partial charge is 0.324 e. The molecule has 7 nitrogen and oxygen atoms in total. The highest BCUT2D eigenvalue weighted by Crippen LogP contribution is 2.37. The van der Waals surface area contributed by atoms with E-state index in [1.807, 2.05) is 26.8 Å². The van der Waals surface area contributed by atoms with Crippen molar-refractivity contribution in [2.24, 2.45) is 4.99 Å². The molecule has 0 radical (unpaired) electrons. The number of aromatic amines is 1. The molecule has 0 aliphatic heterocycles. The van der Waals surface area contributed by atoms with E-state index in [1.54, 1.807) is 25.6 Å². The second-order valence-corrected chi connectivity index (χ2v) is 7.49. The van der Waals surface area contributed by atoms with Crippen LogP contribution < -0.4 is 10.1 Å². The SMILES string of the molecule is C=C/C(=C\N=C(C)C)Oc1nc(-c2cncc(C)c2)c2c(n1)[nH]c1c(NC)cc(F)cc12. The monoisotopic (exact) mass is 430 g/mol. The number of benzene rings is 1. The van der Waals surface area contributed by atoms with Crippen LogP contribution >= 0.6 is 0 Å². The highest BCUT2D eigenvalue weighted by atomic mass is 19.1. The van der Waals surface area contributed by atoms with Crippen LogP contribution in [0.4, 0.5) is 10.1 Å². The number of pyridine rings is 1. The zero-order valence-electron chi connectivity index (χ0n) is 18.3. The molecule has 8 heteroatoms. The number of H-pyrrole nitrogens is 1. The number of fused-ring (bicyclic) bond motifs is 3. The molecule has 2 N–H and O–H groups in total. The Bertz CT molecular complexity index is 1400. The molecule has 0 fully saturated rings. The van der Waals surface area contributed by atoms with E-state index in [-0.39, 0.29) is 11.8 Å². The van der Waals surface area contributed by atoms with E-state index in [1.165, 1.54) is 18.2 Å². The molecule has 3 heterocycles. The Kier molecular flexibility index (Phi) is 5.68. The summed E-state index contributed by atoms with van der Waals surface area (Å²) in [6.07, 6.45) is 6.57. The number of nitrogens with one attached hydrogen (secondary N) is 2. The van der Waals surface area contributed by atoms with Crippen molar-refractivity contribution in [1.29, 1.82) is 0 Å². The molecule has 0 bridgehead atoms. The molecule has 0 aliphatic carbocycles. The third-order valence-electron chi connectivity index (χ3n) is 4.78. The molecule has 0 aliphatic rings. The Labute approximate surface area is 184 Å². The molecule has 4 rings (SSSR count). The Balaban J connectivity index is 2.01. The van der Waals surface area contributed by atoms with Gasteiger partial charge in [-0.1, -0.05) is 6.58 Å². The minimum Gasteiger partial charge on any atom is -0.423 e. The minimum absolute atomic E-state index is 0.113. The largest absolute Gasteiger partial charge is 0.423 e. The van der Waals surface area contributed by atoms with Crippen LogP contribution in [-0.2, 0) is 0 Å². The second kappa shape index (κ2) is 8.58. The molecule has 0 spiro atoms. The van der Waals surface area contributed by atoms with Gasteiger partial charge in [-0.25, -0.2) is 4.39 Å². The van der Waals surface area contributed by atoms with Crippen molar-refractivity contribution in [3.8, 4) is 17.3 Å². The minimum atomic E-state index is -0.360. The summed E-state index contributed by atoms with van der Waals surface area (Å²) in [5.74, 6) is 0.0398. The number of rotatable bonds is 6. The molecule has 3 aromatic heterocycles. The molecule has 0 atom stereocenters. The lowest BCUT2D eigenvalue weighted by molar-refractivity contribution is 0.409. The summed E-state index contributed by atoms with van der Waals surface area (Å²) in [4.78, 5) is 21.0. The Morgan fingerprint density at radius 2 is 2.03 bits per heavy atom. The predicted octanol–water partition coefficient (Wildman–Crippen LogP) is 5.55. The average molecular weight is 430 g/mol. The quantitative estimate of drug-likeness (QED) is 0.238. The average Bonchev–Trinajstić information content (AvgIpc) is 3.13. The van der Waals surface area contributed by atoms with Crippen molar-refractivity contribution in [2.45, 2.75) is 20.8 Å². The van der Waals surface area contributed by atoms with Gasteiger partial charge >= 0.3 is 6.01 Å². The summed E-state index contributed by atoms with van der Waals surface area (Å²) in [6.45, 7) is 9.48. The van der Waals surface area contributed by atoms with Crippen LogP contribution in [-0.4, -0.2) is 32.7 Å². The maximum Gasteiger partial charge on any atom is 0.324 e. The number of hydrogen-bond donors (Lipinski definition) is 2. The summed E-state index contributed by atoms with van der Waals surface area (Å²) in [6, 6.07) is 4.98. The fourth-order valence-corrected chi connectivity index (χ4v) is 3.40. The van der Waals surface area contributed by atoms with Gasteiger partial charge in [-0.05, 0) is 50.6 Å². The van der Waals surface area contributed by atoms with E-state index in [0.29, 0.717) is 33.6 Å². The molecule has 0 unspecified atom stereocenters. The van der Waals surface area contributed by atoms with E-state index >= 15 is 0 Å². The van der Waals surface area contributed by atoms with Crippen LogP contribution in [0.15, 0.2) is 60.2 Å². The highest BCUT2D eigenvalue weighted by molar-refractivity contribution is 6.15. The first kappa shape index (κ1) is 21.2. The Morgan fingerprint density at radius 3 is 2.72 bits per heavy atom. The number of hydrogen-bond acceptors (Lipinski definition) is 6. The second-order valence-electron chi connectivity index (χ2n) is 7.49. The number of aromatic nitrogens is 4. The number of ether oxygens (including phenoxy) is 1. The maximum atomic E-state index is 14.4. The van der Waals surface area contributed by atoms with Crippen LogP contribution in [0.5, 0.6) is 6.01 Å². The predicted molar refractivity (Wildman–Crippen MR) is 127 cm³/mol. The highest BCUT2D eigenvalue weighted by Gasteiger charge is 2.19. The molecule has 0 saturated heterocycles. The first-order valence-corrected chi connectivity index (χ1v) is 10.0. The van der Waals surface area contributed by atoms with E-state index in [9.17, 15) is 4.39 Å². The third kappa shape index (κ3) is 4.07. The van der Waals surface area contributed by atoms with Crippen LogP contribution in [0.25, 0.3) is 33.2 Å². The number of nitrogens with zero attached hydrogens (tertiary/aromatic N) is 4. The maximum absolute atomic E-state index is 14.4. The number of anilines is 1. The first-order chi connectivity index (χ1) is 15.4. The molecular weight excluding hydrogens is 407 g/mol. The van der Waals surface area contributed by atoms with Gasteiger partial charge in [-0.2, -0.15) is 9.97 Å². The number of aliphatic imine (C=N–C) groups is 1. The van der Waals surface area contributed by atoms with Gasteiger partial charge in [0.1, 0.15) is 17.2 Å².